The maximum absolute atomic E-state index is 13.9. The molecule has 2 rings (SSSR count). The first-order chi connectivity index (χ1) is 8.49. The number of nitrogens with two attached hydrogens (primary N) is 2. The van der Waals surface area contributed by atoms with Crippen molar-refractivity contribution in [1.29, 1.82) is 0 Å². The molecule has 4 N–H and O–H groups in total. The molecule has 1 saturated heterocycles. The molecule has 1 amide bonds. The molecule has 2 unspecified atom stereocenters. The lowest BCUT2D eigenvalue weighted by molar-refractivity contribution is 0.1000. The third-order valence-corrected chi connectivity index (χ3v) is 3.54. The Labute approximate surface area is 106 Å². The van der Waals surface area contributed by atoms with Crippen LogP contribution in [0.1, 0.15) is 23.7 Å². The van der Waals surface area contributed by atoms with Crippen LogP contribution < -0.4 is 16.4 Å². The average molecular weight is 251 g/mol. The van der Waals surface area contributed by atoms with Gasteiger partial charge in [-0.2, -0.15) is 0 Å². The normalized spacial score (nSPS) is 21.1. The summed E-state index contributed by atoms with van der Waals surface area (Å²) in [7, 11) is 0. The Morgan fingerprint density at radius 1 is 1.56 bits per heavy atom. The Morgan fingerprint density at radius 3 is 2.78 bits per heavy atom. The van der Waals surface area contributed by atoms with Crippen LogP contribution in [0.25, 0.3) is 0 Å². The summed E-state index contributed by atoms with van der Waals surface area (Å²) in [5.74, 6) is -0.632. The number of halogens is 1. The van der Waals surface area contributed by atoms with E-state index in [9.17, 15) is 9.18 Å². The quantitative estimate of drug-likeness (QED) is 0.845. The number of benzene rings is 1. The van der Waals surface area contributed by atoms with Crippen LogP contribution >= 0.6 is 0 Å². The lowest BCUT2D eigenvalue weighted by atomic mass is 10.0. The molecular weight excluding hydrogens is 233 g/mol. The van der Waals surface area contributed by atoms with E-state index in [1.807, 2.05) is 11.8 Å². The monoisotopic (exact) mass is 251 g/mol. The fraction of sp³-hybridized carbons (Fsp3) is 0.462. The first-order valence-electron chi connectivity index (χ1n) is 6.09. The minimum Gasteiger partial charge on any atom is -0.369 e. The molecule has 1 fully saturated rings. The maximum atomic E-state index is 13.9. The van der Waals surface area contributed by atoms with Crippen molar-refractivity contribution in [3.05, 3.63) is 29.6 Å². The molecule has 1 aliphatic heterocycles. The summed E-state index contributed by atoms with van der Waals surface area (Å²) in [5, 5.41) is 0. The SMILES string of the molecule is CC(N)C1CCN(c2ccc(C(N)=O)cc2F)C1. The van der Waals surface area contributed by atoms with Gasteiger partial charge in [-0.3, -0.25) is 4.79 Å². The van der Waals surface area contributed by atoms with Gasteiger partial charge in [-0.25, -0.2) is 4.39 Å². The van der Waals surface area contributed by atoms with Crippen LogP contribution in [0.4, 0.5) is 10.1 Å². The summed E-state index contributed by atoms with van der Waals surface area (Å²) in [6.07, 6.45) is 0.967. The fourth-order valence-electron chi connectivity index (χ4n) is 2.35. The van der Waals surface area contributed by atoms with E-state index in [0.717, 1.165) is 19.5 Å². The number of carbonyl (C=O) groups is 1. The zero-order chi connectivity index (χ0) is 13.3. The first kappa shape index (κ1) is 12.8. The summed E-state index contributed by atoms with van der Waals surface area (Å²) in [6.45, 7) is 3.52. The number of nitrogens with zero attached hydrogens (tertiary/aromatic N) is 1. The number of hydrogen-bond donors (Lipinski definition) is 2. The van der Waals surface area contributed by atoms with E-state index >= 15 is 0 Å². The zero-order valence-electron chi connectivity index (χ0n) is 10.4. The Bertz CT molecular complexity index is 462. The van der Waals surface area contributed by atoms with Crippen molar-refractivity contribution in [3.8, 4) is 0 Å². The van der Waals surface area contributed by atoms with Crippen molar-refractivity contribution in [1.82, 2.24) is 0 Å². The molecule has 18 heavy (non-hydrogen) atoms. The summed E-state index contributed by atoms with van der Waals surface area (Å²) >= 11 is 0. The van der Waals surface area contributed by atoms with E-state index in [1.165, 1.54) is 6.07 Å². The molecule has 0 aliphatic carbocycles. The molecule has 0 aromatic heterocycles. The molecule has 2 atom stereocenters. The van der Waals surface area contributed by atoms with Crippen molar-refractivity contribution < 1.29 is 9.18 Å². The Hall–Kier alpha value is -1.62. The van der Waals surface area contributed by atoms with Crippen LogP contribution in [0.15, 0.2) is 18.2 Å². The van der Waals surface area contributed by atoms with E-state index in [2.05, 4.69) is 0 Å². The predicted octanol–water partition coefficient (Wildman–Crippen LogP) is 1.10. The number of rotatable bonds is 3. The summed E-state index contributed by atoms with van der Waals surface area (Å²) < 4.78 is 13.9. The number of primary amides is 1. The van der Waals surface area contributed by atoms with Gasteiger partial charge in [0, 0.05) is 24.7 Å². The summed E-state index contributed by atoms with van der Waals surface area (Å²) in [5.41, 5.74) is 11.7. The molecule has 5 heteroatoms. The second-order valence-corrected chi connectivity index (χ2v) is 4.88. The zero-order valence-corrected chi connectivity index (χ0v) is 10.4. The third kappa shape index (κ3) is 2.46. The smallest absolute Gasteiger partial charge is 0.248 e. The molecule has 0 bridgehead atoms. The molecule has 0 saturated carbocycles. The van der Waals surface area contributed by atoms with Crippen LogP contribution in [0.5, 0.6) is 0 Å². The molecule has 1 heterocycles. The topological polar surface area (TPSA) is 72.3 Å². The molecule has 1 aromatic rings. The van der Waals surface area contributed by atoms with E-state index in [-0.39, 0.29) is 11.6 Å². The van der Waals surface area contributed by atoms with Gasteiger partial charge in [0.2, 0.25) is 5.91 Å². The van der Waals surface area contributed by atoms with E-state index in [0.29, 0.717) is 11.6 Å². The van der Waals surface area contributed by atoms with Gasteiger partial charge in [0.1, 0.15) is 5.82 Å². The van der Waals surface area contributed by atoms with Gasteiger partial charge in [0.25, 0.3) is 0 Å². The second kappa shape index (κ2) is 4.94. The van der Waals surface area contributed by atoms with Crippen LogP contribution in [-0.2, 0) is 0 Å². The highest BCUT2D eigenvalue weighted by molar-refractivity contribution is 5.93. The van der Waals surface area contributed by atoms with Gasteiger partial charge in [-0.05, 0) is 37.5 Å². The Balaban J connectivity index is 2.18. The standard InChI is InChI=1S/C13H18FN3O/c1-8(15)10-4-5-17(7-10)12-3-2-9(13(16)18)6-11(12)14/h2-3,6,8,10H,4-5,7,15H2,1H3,(H2,16,18). The van der Waals surface area contributed by atoms with E-state index < -0.39 is 11.7 Å². The molecule has 4 nitrogen and oxygen atoms in total. The minimum absolute atomic E-state index is 0.114. The summed E-state index contributed by atoms with van der Waals surface area (Å²) in [6, 6.07) is 4.47. The highest BCUT2D eigenvalue weighted by atomic mass is 19.1. The maximum Gasteiger partial charge on any atom is 0.248 e. The van der Waals surface area contributed by atoms with Crippen LogP contribution in [0, 0.1) is 11.7 Å². The van der Waals surface area contributed by atoms with Crippen molar-refractivity contribution >= 4 is 11.6 Å². The lowest BCUT2D eigenvalue weighted by Gasteiger charge is -2.20. The summed E-state index contributed by atoms with van der Waals surface area (Å²) in [4.78, 5) is 12.9. The number of carbonyl (C=O) groups excluding carboxylic acids is 1. The molecule has 1 aromatic carbocycles. The van der Waals surface area contributed by atoms with Crippen molar-refractivity contribution in [2.24, 2.45) is 17.4 Å². The molecule has 0 radical (unpaired) electrons. The van der Waals surface area contributed by atoms with Crippen LogP contribution in [-0.4, -0.2) is 25.0 Å². The van der Waals surface area contributed by atoms with Gasteiger partial charge in [0.05, 0.1) is 5.69 Å². The van der Waals surface area contributed by atoms with Gasteiger partial charge in [-0.15, -0.1) is 0 Å². The molecule has 98 valence electrons. The number of hydrogen-bond acceptors (Lipinski definition) is 3. The van der Waals surface area contributed by atoms with Crippen LogP contribution in [0.2, 0.25) is 0 Å². The molecule has 0 spiro atoms. The van der Waals surface area contributed by atoms with Gasteiger partial charge < -0.3 is 16.4 Å². The molecular formula is C13H18FN3O. The largest absolute Gasteiger partial charge is 0.369 e. The predicted molar refractivity (Wildman–Crippen MR) is 68.9 cm³/mol. The first-order valence-corrected chi connectivity index (χ1v) is 6.09. The minimum atomic E-state index is -0.615. The van der Waals surface area contributed by atoms with Crippen molar-refractivity contribution in [3.63, 3.8) is 0 Å². The lowest BCUT2D eigenvalue weighted by Crippen LogP contribution is -2.30. The third-order valence-electron chi connectivity index (χ3n) is 3.54. The Morgan fingerprint density at radius 2 is 2.28 bits per heavy atom. The second-order valence-electron chi connectivity index (χ2n) is 4.88. The van der Waals surface area contributed by atoms with Crippen LogP contribution in [0.3, 0.4) is 0 Å². The van der Waals surface area contributed by atoms with E-state index in [1.54, 1.807) is 12.1 Å². The van der Waals surface area contributed by atoms with Crippen molar-refractivity contribution in [2.45, 2.75) is 19.4 Å². The Kier molecular flexibility index (Phi) is 3.52. The number of anilines is 1. The highest BCUT2D eigenvalue weighted by Crippen LogP contribution is 2.27. The fourth-order valence-corrected chi connectivity index (χ4v) is 2.35. The average Bonchev–Trinajstić information content (AvgIpc) is 2.78. The van der Waals surface area contributed by atoms with Gasteiger partial charge in [0.15, 0.2) is 0 Å². The number of amides is 1. The molecule has 1 aliphatic rings. The highest BCUT2D eigenvalue weighted by Gasteiger charge is 2.26. The van der Waals surface area contributed by atoms with Gasteiger partial charge >= 0.3 is 0 Å². The van der Waals surface area contributed by atoms with E-state index in [4.69, 9.17) is 11.5 Å². The van der Waals surface area contributed by atoms with Gasteiger partial charge in [-0.1, -0.05) is 0 Å². The van der Waals surface area contributed by atoms with Crippen molar-refractivity contribution in [2.75, 3.05) is 18.0 Å².